The predicted molar refractivity (Wildman–Crippen MR) is 167 cm³/mol. The number of amides is 3. The molecule has 6 rings (SSSR count). The summed E-state index contributed by atoms with van der Waals surface area (Å²) in [5.41, 5.74) is 1.04. The van der Waals surface area contributed by atoms with Crippen molar-refractivity contribution in [1.82, 2.24) is 15.3 Å². The van der Waals surface area contributed by atoms with E-state index in [1.54, 1.807) is 24.3 Å². The van der Waals surface area contributed by atoms with Gasteiger partial charge >= 0.3 is 0 Å². The van der Waals surface area contributed by atoms with E-state index in [1.807, 2.05) is 6.07 Å². The second-order valence-electron chi connectivity index (χ2n) is 11.3. The maximum Gasteiger partial charge on any atom is 0.252 e. The second kappa shape index (κ2) is 12.8. The van der Waals surface area contributed by atoms with E-state index in [9.17, 15) is 28.4 Å². The normalized spacial score (nSPS) is 17.8. The fourth-order valence-electron chi connectivity index (χ4n) is 5.95. The molecule has 2 atom stereocenters. The van der Waals surface area contributed by atoms with Crippen LogP contribution in [0.3, 0.4) is 0 Å². The van der Waals surface area contributed by atoms with Gasteiger partial charge in [-0.3, -0.25) is 29.2 Å². The zero-order valence-electron chi connectivity index (χ0n) is 24.6. The van der Waals surface area contributed by atoms with Crippen LogP contribution in [0.2, 0.25) is 5.02 Å². The quantitative estimate of drug-likeness (QED) is 0.248. The number of nitrogens with zero attached hydrogens (tertiary/aromatic N) is 5. The first-order chi connectivity index (χ1) is 22.6. The summed E-state index contributed by atoms with van der Waals surface area (Å²) >= 11 is 6.58. The molecule has 13 heteroatoms. The van der Waals surface area contributed by atoms with Gasteiger partial charge in [0.25, 0.3) is 11.8 Å². The van der Waals surface area contributed by atoms with E-state index in [4.69, 9.17) is 11.6 Å². The number of aromatic nitrogens is 2. The first-order valence-corrected chi connectivity index (χ1v) is 15.1. The molecule has 2 unspecified atom stereocenters. The minimum Gasteiger partial charge on any atom is -0.351 e. The van der Waals surface area contributed by atoms with Gasteiger partial charge in [-0.05, 0) is 60.5 Å². The Bertz CT molecular complexity index is 1900. The van der Waals surface area contributed by atoms with Gasteiger partial charge in [0.05, 0.1) is 11.6 Å². The van der Waals surface area contributed by atoms with Crippen LogP contribution in [-0.2, 0) is 14.4 Å². The molecule has 1 N–H and O–H groups in total. The van der Waals surface area contributed by atoms with Gasteiger partial charge in [0.2, 0.25) is 11.8 Å². The van der Waals surface area contributed by atoms with Crippen LogP contribution in [0.15, 0.2) is 85.3 Å². The van der Waals surface area contributed by atoms with Gasteiger partial charge in [-0.15, -0.1) is 0 Å². The van der Waals surface area contributed by atoms with Gasteiger partial charge in [0.15, 0.2) is 0 Å². The lowest BCUT2D eigenvalue weighted by atomic mass is 9.87. The summed E-state index contributed by atoms with van der Waals surface area (Å²) in [6.45, 7) is 0. The van der Waals surface area contributed by atoms with Gasteiger partial charge in [-0.2, -0.15) is 5.26 Å². The van der Waals surface area contributed by atoms with Crippen molar-refractivity contribution in [2.45, 2.75) is 49.7 Å². The number of hydrogen-bond acceptors (Lipinski definition) is 6. The highest BCUT2D eigenvalue weighted by atomic mass is 35.5. The van der Waals surface area contributed by atoms with Crippen molar-refractivity contribution in [3.8, 4) is 17.2 Å². The second-order valence-corrected chi connectivity index (χ2v) is 11.7. The number of carbonyl (C=O) groups excluding carboxylic acids is 3. The Morgan fingerprint density at radius 3 is 2.49 bits per heavy atom. The number of nitriles is 1. The molecular weight excluding hydrogens is 633 g/mol. The van der Waals surface area contributed by atoms with Crippen LogP contribution in [0.1, 0.15) is 42.9 Å². The van der Waals surface area contributed by atoms with Crippen molar-refractivity contribution < 1.29 is 27.6 Å². The van der Waals surface area contributed by atoms with Crippen molar-refractivity contribution in [1.29, 1.82) is 5.26 Å². The molecule has 0 radical (unpaired) electrons. The maximum atomic E-state index is 15.9. The molecule has 1 aliphatic heterocycles. The molecule has 2 aliphatic rings. The molecule has 0 bridgehead atoms. The number of alkyl halides is 2. The first kappa shape index (κ1) is 31.7. The summed E-state index contributed by atoms with van der Waals surface area (Å²) in [4.78, 5) is 52.4. The highest BCUT2D eigenvalue weighted by Gasteiger charge is 2.48. The zero-order chi connectivity index (χ0) is 33.3. The number of carbonyl (C=O) groups is 3. The third-order valence-corrected chi connectivity index (χ3v) is 8.57. The zero-order valence-corrected chi connectivity index (χ0v) is 25.4. The Kier molecular flexibility index (Phi) is 8.66. The van der Waals surface area contributed by atoms with E-state index in [2.05, 4.69) is 15.3 Å². The summed E-state index contributed by atoms with van der Waals surface area (Å²) in [5.74, 6) is -5.62. The monoisotopic (exact) mass is 658 g/mol. The molecule has 2 aromatic heterocycles. The average Bonchev–Trinajstić information content (AvgIpc) is 3.44. The van der Waals surface area contributed by atoms with E-state index in [1.165, 1.54) is 55.0 Å². The summed E-state index contributed by atoms with van der Waals surface area (Å²) in [7, 11) is 0. The Morgan fingerprint density at radius 1 is 1.06 bits per heavy atom. The third kappa shape index (κ3) is 6.39. The lowest BCUT2D eigenvalue weighted by Gasteiger charge is -2.39. The predicted octanol–water partition coefficient (Wildman–Crippen LogP) is 5.99. The molecular formula is C34H26ClF3N6O3. The molecule has 3 heterocycles. The van der Waals surface area contributed by atoms with Gasteiger partial charge in [-0.1, -0.05) is 29.8 Å². The topological polar surface area (TPSA) is 119 Å². The number of halogens is 4. The van der Waals surface area contributed by atoms with Crippen LogP contribution < -0.4 is 15.1 Å². The molecule has 0 spiro atoms. The number of hydrogen-bond donors (Lipinski definition) is 1. The van der Waals surface area contributed by atoms with Crippen LogP contribution in [-0.4, -0.2) is 45.7 Å². The Balaban J connectivity index is 1.48. The van der Waals surface area contributed by atoms with Gasteiger partial charge in [0, 0.05) is 65.7 Å². The fraction of sp³-hybridized carbons (Fsp3) is 0.235. The van der Waals surface area contributed by atoms with Crippen LogP contribution in [0.4, 0.5) is 24.7 Å². The average molecular weight is 659 g/mol. The number of benzene rings is 2. The van der Waals surface area contributed by atoms with Crippen molar-refractivity contribution in [2.75, 3.05) is 9.80 Å². The molecule has 9 nitrogen and oxygen atoms in total. The van der Waals surface area contributed by atoms with Crippen molar-refractivity contribution >= 4 is 40.8 Å². The lowest BCUT2D eigenvalue weighted by molar-refractivity contribution is -0.133. The summed E-state index contributed by atoms with van der Waals surface area (Å²) in [6, 6.07) is 14.6. The van der Waals surface area contributed by atoms with Crippen molar-refractivity contribution in [3.05, 3.63) is 107 Å². The standard InChI is InChI=1S/C34H26ClF3N6O3/c35-26-4-2-1-3-25(26)31(32(46)42-22-17-34(37,38)18-22)43(23-5-6-24(27(36)16-23)21-10-12-40-13-11-21)33(47)28-7-8-30(45)44(28)29-15-20(19-39)9-14-41-29/h1-6,9-16,22,28,31H,7-8,17-18H2,(H,42,46). The Hall–Kier alpha value is -5.28. The van der Waals surface area contributed by atoms with E-state index in [-0.39, 0.29) is 46.1 Å². The number of nitrogens with one attached hydrogen (secondary N) is 1. The number of rotatable bonds is 8. The number of pyridine rings is 2. The largest absolute Gasteiger partial charge is 0.351 e. The molecule has 1 aliphatic carbocycles. The highest BCUT2D eigenvalue weighted by molar-refractivity contribution is 6.31. The van der Waals surface area contributed by atoms with E-state index in [0.29, 0.717) is 5.56 Å². The molecule has 3 amide bonds. The maximum absolute atomic E-state index is 15.9. The molecule has 2 fully saturated rings. The van der Waals surface area contributed by atoms with Crippen LogP contribution in [0.25, 0.3) is 11.1 Å². The molecule has 238 valence electrons. The summed E-state index contributed by atoms with van der Waals surface area (Å²) in [6.07, 6.45) is 3.16. The minimum absolute atomic E-state index is 0.0237. The molecule has 2 aromatic carbocycles. The smallest absolute Gasteiger partial charge is 0.252 e. The van der Waals surface area contributed by atoms with Crippen LogP contribution >= 0.6 is 11.6 Å². The van der Waals surface area contributed by atoms with Gasteiger partial charge in [0.1, 0.15) is 23.7 Å². The summed E-state index contributed by atoms with van der Waals surface area (Å²) < 4.78 is 43.4. The van der Waals surface area contributed by atoms with Crippen LogP contribution in [0, 0.1) is 17.1 Å². The molecule has 47 heavy (non-hydrogen) atoms. The van der Waals surface area contributed by atoms with Gasteiger partial charge < -0.3 is 5.32 Å². The molecule has 1 saturated heterocycles. The van der Waals surface area contributed by atoms with E-state index in [0.717, 1.165) is 15.9 Å². The summed E-state index contributed by atoms with van der Waals surface area (Å²) in [5, 5.41) is 12.1. The Morgan fingerprint density at radius 2 is 1.81 bits per heavy atom. The fourth-order valence-corrected chi connectivity index (χ4v) is 6.19. The highest BCUT2D eigenvalue weighted by Crippen LogP contribution is 2.40. The van der Waals surface area contributed by atoms with E-state index >= 15 is 4.39 Å². The van der Waals surface area contributed by atoms with Crippen LogP contribution in [0.5, 0.6) is 0 Å². The minimum atomic E-state index is -2.94. The van der Waals surface area contributed by atoms with E-state index < -0.39 is 60.4 Å². The Labute approximate surface area is 272 Å². The number of anilines is 2. The SMILES string of the molecule is N#Cc1ccnc(N2C(=O)CCC2C(=O)N(c2ccc(-c3ccncc3)c(F)c2)C(C(=O)NC2CC(F)(F)C2)c2ccccc2Cl)c1. The first-order valence-electron chi connectivity index (χ1n) is 14.7. The molecule has 4 aromatic rings. The van der Waals surface area contributed by atoms with Crippen molar-refractivity contribution in [2.24, 2.45) is 0 Å². The van der Waals surface area contributed by atoms with Crippen molar-refractivity contribution in [3.63, 3.8) is 0 Å². The van der Waals surface area contributed by atoms with Gasteiger partial charge in [-0.25, -0.2) is 18.2 Å². The lowest BCUT2D eigenvalue weighted by Crippen LogP contribution is -2.56. The molecule has 1 saturated carbocycles. The third-order valence-electron chi connectivity index (χ3n) is 8.22.